The molecule has 0 unspecified atom stereocenters. The highest BCUT2D eigenvalue weighted by atomic mass is 19.4. The Balaban J connectivity index is 1.64. The minimum atomic E-state index is -4.48. The molecule has 0 bridgehead atoms. The Hall–Kier alpha value is -2.45. The molecule has 1 aliphatic heterocycles. The van der Waals surface area contributed by atoms with E-state index >= 15 is 0 Å². The van der Waals surface area contributed by atoms with Crippen LogP contribution in [0.4, 0.5) is 24.9 Å². The van der Waals surface area contributed by atoms with Gasteiger partial charge in [0.1, 0.15) is 5.69 Å². The van der Waals surface area contributed by atoms with Gasteiger partial charge >= 0.3 is 6.18 Å². The normalized spacial score (nSPS) is 15.7. The van der Waals surface area contributed by atoms with Crippen LogP contribution in [0.25, 0.3) is 0 Å². The summed E-state index contributed by atoms with van der Waals surface area (Å²) in [6, 6.07) is 4.76. The van der Waals surface area contributed by atoms with Crippen molar-refractivity contribution in [3.05, 3.63) is 35.8 Å². The Morgan fingerprint density at radius 3 is 2.27 bits per heavy atom. The molecule has 2 aromatic heterocycles. The third-order valence-electron chi connectivity index (χ3n) is 4.40. The highest BCUT2D eigenvalue weighted by Crippen LogP contribution is 2.29. The first-order valence-electron chi connectivity index (χ1n) is 8.28. The summed E-state index contributed by atoms with van der Waals surface area (Å²) < 4.78 is 38.4. The first-order chi connectivity index (χ1) is 12.1. The highest BCUT2D eigenvalue weighted by molar-refractivity contribution is 5.46. The Morgan fingerprint density at radius 1 is 1.04 bits per heavy atom. The molecule has 26 heavy (non-hydrogen) atoms. The van der Waals surface area contributed by atoms with Crippen LogP contribution in [0.15, 0.2) is 24.4 Å². The molecule has 1 saturated heterocycles. The summed E-state index contributed by atoms with van der Waals surface area (Å²) in [4.78, 5) is 11.3. The molecule has 0 N–H and O–H groups in total. The van der Waals surface area contributed by atoms with Crippen LogP contribution in [-0.4, -0.2) is 46.3 Å². The molecule has 0 atom stereocenters. The summed E-state index contributed by atoms with van der Waals surface area (Å²) in [6.45, 7) is 7.46. The van der Waals surface area contributed by atoms with E-state index in [1.807, 2.05) is 17.0 Å². The second-order valence-corrected chi connectivity index (χ2v) is 7.44. The Labute approximate surface area is 150 Å². The van der Waals surface area contributed by atoms with Crippen LogP contribution in [0.5, 0.6) is 0 Å². The van der Waals surface area contributed by atoms with Gasteiger partial charge in [-0.2, -0.15) is 18.3 Å². The lowest BCUT2D eigenvalue weighted by molar-refractivity contribution is -0.141. The highest BCUT2D eigenvalue weighted by Gasteiger charge is 2.36. The summed E-state index contributed by atoms with van der Waals surface area (Å²) in [5.41, 5.74) is -0.0914. The minimum absolute atomic E-state index is 0.0163. The van der Waals surface area contributed by atoms with Crippen LogP contribution < -0.4 is 9.80 Å². The van der Waals surface area contributed by atoms with Crippen molar-refractivity contribution in [2.45, 2.75) is 38.4 Å². The Morgan fingerprint density at radius 2 is 1.73 bits per heavy atom. The average Bonchev–Trinajstić information content (AvgIpc) is 2.52. The van der Waals surface area contributed by atoms with Crippen molar-refractivity contribution in [3.63, 3.8) is 0 Å². The van der Waals surface area contributed by atoms with Gasteiger partial charge in [0.15, 0.2) is 5.82 Å². The first kappa shape index (κ1) is 18.3. The lowest BCUT2D eigenvalue weighted by atomic mass is 9.92. The van der Waals surface area contributed by atoms with Gasteiger partial charge < -0.3 is 9.80 Å². The van der Waals surface area contributed by atoms with Crippen LogP contribution in [-0.2, 0) is 11.6 Å². The number of hydrogen-bond acceptors (Lipinski definition) is 6. The van der Waals surface area contributed by atoms with Crippen LogP contribution in [0.2, 0.25) is 0 Å². The lowest BCUT2D eigenvalue weighted by Gasteiger charge is -2.44. The summed E-state index contributed by atoms with van der Waals surface area (Å²) in [7, 11) is 1.70. The minimum Gasteiger partial charge on any atom is -0.351 e. The largest absolute Gasteiger partial charge is 0.433 e. The molecule has 9 heteroatoms. The van der Waals surface area contributed by atoms with E-state index in [-0.39, 0.29) is 17.4 Å². The van der Waals surface area contributed by atoms with Gasteiger partial charge in [-0.1, -0.05) is 20.8 Å². The molecule has 3 rings (SSSR count). The molecule has 0 radical (unpaired) electrons. The van der Waals surface area contributed by atoms with Crippen molar-refractivity contribution in [2.24, 2.45) is 0 Å². The number of anilines is 2. The van der Waals surface area contributed by atoms with E-state index in [0.717, 1.165) is 23.8 Å². The zero-order chi connectivity index (χ0) is 19.1. The van der Waals surface area contributed by atoms with E-state index in [1.165, 1.54) is 0 Å². The van der Waals surface area contributed by atoms with Gasteiger partial charge in [-0.3, -0.25) is 0 Å². The van der Waals surface area contributed by atoms with Gasteiger partial charge in [-0.15, -0.1) is 5.10 Å². The van der Waals surface area contributed by atoms with Crippen molar-refractivity contribution in [3.8, 4) is 0 Å². The SMILES string of the molecule is CN(c1nccc(C(F)(F)F)n1)C1CN(c2ccc(C(C)(C)C)nn2)C1. The smallest absolute Gasteiger partial charge is 0.351 e. The zero-order valence-electron chi connectivity index (χ0n) is 15.1. The number of likely N-dealkylation sites (N-methyl/N-ethyl adjacent to an activating group) is 1. The number of nitrogens with zero attached hydrogens (tertiary/aromatic N) is 6. The van der Waals surface area contributed by atoms with Crippen LogP contribution in [0.3, 0.4) is 0 Å². The lowest BCUT2D eigenvalue weighted by Crippen LogP contribution is -2.59. The maximum Gasteiger partial charge on any atom is 0.433 e. The van der Waals surface area contributed by atoms with Crippen LogP contribution in [0.1, 0.15) is 32.2 Å². The molecule has 0 aromatic carbocycles. The van der Waals surface area contributed by atoms with Crippen LogP contribution in [0, 0.1) is 0 Å². The Bertz CT molecular complexity index is 763. The fraction of sp³-hybridized carbons (Fsp3) is 0.529. The van der Waals surface area contributed by atoms with E-state index in [4.69, 9.17) is 0 Å². The summed E-state index contributed by atoms with van der Waals surface area (Å²) in [6.07, 6.45) is -3.34. The number of alkyl halides is 3. The predicted molar refractivity (Wildman–Crippen MR) is 92.2 cm³/mol. The van der Waals surface area contributed by atoms with Gasteiger partial charge in [-0.05, 0) is 18.2 Å². The van der Waals surface area contributed by atoms with Gasteiger partial charge in [0.2, 0.25) is 5.95 Å². The van der Waals surface area contributed by atoms with Crippen molar-refractivity contribution in [1.82, 2.24) is 20.2 Å². The quantitative estimate of drug-likeness (QED) is 0.833. The third kappa shape index (κ3) is 3.71. The molecule has 2 aromatic rings. The second kappa shape index (κ2) is 6.37. The maximum atomic E-state index is 12.8. The molecule has 1 aliphatic rings. The summed E-state index contributed by atoms with van der Waals surface area (Å²) in [5.74, 6) is 0.825. The molecule has 3 heterocycles. The van der Waals surface area contributed by atoms with Gasteiger partial charge in [0, 0.05) is 31.7 Å². The maximum absolute atomic E-state index is 12.8. The Kier molecular flexibility index (Phi) is 4.49. The topological polar surface area (TPSA) is 58.0 Å². The van der Waals surface area contributed by atoms with Gasteiger partial charge in [0.25, 0.3) is 0 Å². The van der Waals surface area contributed by atoms with Crippen molar-refractivity contribution >= 4 is 11.8 Å². The zero-order valence-corrected chi connectivity index (χ0v) is 15.1. The molecule has 0 amide bonds. The van der Waals surface area contributed by atoms with E-state index in [1.54, 1.807) is 11.9 Å². The fourth-order valence-corrected chi connectivity index (χ4v) is 2.62. The van der Waals surface area contributed by atoms with Crippen molar-refractivity contribution < 1.29 is 13.2 Å². The van der Waals surface area contributed by atoms with Crippen molar-refractivity contribution in [1.29, 1.82) is 0 Å². The molecular weight excluding hydrogens is 345 g/mol. The first-order valence-corrected chi connectivity index (χ1v) is 8.28. The predicted octanol–water partition coefficient (Wildman–Crippen LogP) is 2.91. The van der Waals surface area contributed by atoms with E-state index in [2.05, 4.69) is 40.9 Å². The summed E-state index contributed by atoms with van der Waals surface area (Å²) >= 11 is 0. The molecular formula is C17H21F3N6. The van der Waals surface area contributed by atoms with Gasteiger partial charge in [0.05, 0.1) is 11.7 Å². The standard InChI is InChI=1S/C17H21F3N6/c1-16(2,3)12-5-6-14(24-23-12)26-9-11(10-26)25(4)15-21-8-7-13(22-15)17(18,19)20/h5-8,11H,9-10H2,1-4H3. The third-order valence-corrected chi connectivity index (χ3v) is 4.40. The number of aromatic nitrogens is 4. The molecule has 0 aliphatic carbocycles. The van der Waals surface area contributed by atoms with E-state index in [0.29, 0.717) is 13.1 Å². The average molecular weight is 366 g/mol. The molecule has 140 valence electrons. The van der Waals surface area contributed by atoms with Crippen molar-refractivity contribution in [2.75, 3.05) is 29.9 Å². The fourth-order valence-electron chi connectivity index (χ4n) is 2.62. The van der Waals surface area contributed by atoms with E-state index in [9.17, 15) is 13.2 Å². The molecule has 0 saturated carbocycles. The molecule has 6 nitrogen and oxygen atoms in total. The van der Waals surface area contributed by atoms with Crippen LogP contribution >= 0.6 is 0 Å². The number of halogens is 3. The summed E-state index contributed by atoms with van der Waals surface area (Å²) in [5, 5.41) is 8.52. The van der Waals surface area contributed by atoms with E-state index < -0.39 is 11.9 Å². The van der Waals surface area contributed by atoms with Gasteiger partial charge in [-0.25, -0.2) is 9.97 Å². The molecule has 0 spiro atoms. The molecule has 1 fully saturated rings. The monoisotopic (exact) mass is 366 g/mol. The second-order valence-electron chi connectivity index (χ2n) is 7.44. The number of hydrogen-bond donors (Lipinski definition) is 0. The number of rotatable bonds is 3.